The molecule has 0 heterocycles. The predicted octanol–water partition coefficient (Wildman–Crippen LogP) is 21.2. The fourth-order valence-corrected chi connectivity index (χ4v) is 15.5. The monoisotopic (exact) mass is 807 g/mol. The van der Waals surface area contributed by atoms with Crippen molar-refractivity contribution in [2.24, 2.45) is 0 Å². The Hall–Kier alpha value is 0.430. The molecule has 0 radical (unpaired) electrons. The second kappa shape index (κ2) is 49.8. The molecule has 0 amide bonds. The van der Waals surface area contributed by atoms with Gasteiger partial charge in [-0.15, -0.1) is 0 Å². The van der Waals surface area contributed by atoms with Crippen LogP contribution in [0.3, 0.4) is 0 Å². The van der Waals surface area contributed by atoms with Crippen molar-refractivity contribution in [2.45, 2.75) is 329 Å². The first kappa shape index (κ1) is 56.4. The molecule has 56 heavy (non-hydrogen) atoms. The zero-order chi connectivity index (χ0) is 40.6. The maximum atomic E-state index is 2.47. The minimum Gasteiger partial charge on any atom is -0.0654 e. The van der Waals surface area contributed by atoms with Crippen molar-refractivity contribution in [3.63, 3.8) is 0 Å². The first-order chi connectivity index (χ1) is 27.7. The quantitative estimate of drug-likeness (QED) is 0.0424. The molecule has 0 aromatic rings. The second-order valence-corrected chi connectivity index (χ2v) is 24.7. The Balaban J connectivity index is 4.41. The third kappa shape index (κ3) is 44.0. The maximum absolute atomic E-state index is 2.47. The average Bonchev–Trinajstić information content (AvgIpc) is 3.21. The summed E-state index contributed by atoms with van der Waals surface area (Å²) in [4.78, 5) is 0. The van der Waals surface area contributed by atoms with Crippen LogP contribution in [0.1, 0.15) is 329 Å². The molecule has 0 saturated heterocycles. The summed E-state index contributed by atoms with van der Waals surface area (Å²) in [5.41, 5.74) is 0. The Morgan fingerprint density at radius 2 is 0.268 bits per heavy atom. The standard InChI is InChI=1S/C55H115P/c1-5-9-13-16-19-22-25-28-31-34-37-40-43-46-49-53-56(52-12-8-4,54-50-47-44-41-38-35-32-29-26-23-20-17-14-10-6-2)55-51-48-45-42-39-36-33-30-27-24-21-18-15-11-7-3/h56H,5-55H2,1-4H3. The van der Waals surface area contributed by atoms with Crippen LogP contribution in [0.4, 0.5) is 0 Å². The van der Waals surface area contributed by atoms with Gasteiger partial charge in [-0.2, -0.15) is 0 Å². The van der Waals surface area contributed by atoms with Gasteiger partial charge in [0.25, 0.3) is 0 Å². The van der Waals surface area contributed by atoms with Crippen molar-refractivity contribution < 1.29 is 0 Å². The number of unbranched alkanes of at least 4 members (excludes halogenated alkanes) is 43. The van der Waals surface area contributed by atoms with Crippen LogP contribution in [-0.4, -0.2) is 24.6 Å². The Bertz CT molecular complexity index is 587. The molecule has 0 N–H and O–H groups in total. The first-order valence-electron chi connectivity index (χ1n) is 27.7. The summed E-state index contributed by atoms with van der Waals surface area (Å²) in [6.07, 6.45) is 76.9. The normalized spacial score (nSPS) is 12.3. The molecule has 0 aromatic carbocycles. The summed E-state index contributed by atoms with van der Waals surface area (Å²) in [7, 11) is -1.13. The van der Waals surface area contributed by atoms with Crippen LogP contribution in [0.25, 0.3) is 0 Å². The molecule has 0 unspecified atom stereocenters. The van der Waals surface area contributed by atoms with Crippen molar-refractivity contribution in [3.05, 3.63) is 0 Å². The van der Waals surface area contributed by atoms with E-state index in [-0.39, 0.29) is 0 Å². The van der Waals surface area contributed by atoms with E-state index in [1.807, 2.05) is 0 Å². The van der Waals surface area contributed by atoms with E-state index in [2.05, 4.69) is 27.7 Å². The Morgan fingerprint density at radius 3 is 0.429 bits per heavy atom. The Morgan fingerprint density at radius 1 is 0.143 bits per heavy atom. The van der Waals surface area contributed by atoms with Gasteiger partial charge in [0.1, 0.15) is 0 Å². The van der Waals surface area contributed by atoms with Gasteiger partial charge in [0, 0.05) is 0 Å². The summed E-state index contributed by atoms with van der Waals surface area (Å²) in [5.74, 6) is 0. The zero-order valence-corrected chi connectivity index (χ0v) is 41.6. The molecular formula is C55H115P. The van der Waals surface area contributed by atoms with E-state index in [0.29, 0.717) is 0 Å². The predicted molar refractivity (Wildman–Crippen MR) is 267 cm³/mol. The molecule has 0 fully saturated rings. The molecule has 1 heteroatoms. The van der Waals surface area contributed by atoms with Gasteiger partial charge in [-0.3, -0.25) is 0 Å². The minimum atomic E-state index is -1.13. The molecule has 340 valence electrons. The van der Waals surface area contributed by atoms with Gasteiger partial charge < -0.3 is 0 Å². The first-order valence-corrected chi connectivity index (χ1v) is 30.6. The average molecular weight is 807 g/mol. The third-order valence-corrected chi connectivity index (χ3v) is 19.6. The van der Waals surface area contributed by atoms with E-state index in [1.54, 1.807) is 43.9 Å². The van der Waals surface area contributed by atoms with Gasteiger partial charge in [-0.05, 0) is 0 Å². The van der Waals surface area contributed by atoms with Gasteiger partial charge in [0.15, 0.2) is 0 Å². The summed E-state index contributed by atoms with van der Waals surface area (Å²) in [6, 6.07) is 0. The molecule has 0 rings (SSSR count). The SMILES string of the molecule is CCCCCCCCCCCCCCCCC[PH](CCCC)(CCCCCCCCCCCCCCCCC)CCCCCCCCCCCCCCCCC. The van der Waals surface area contributed by atoms with Crippen LogP contribution in [-0.2, 0) is 0 Å². The van der Waals surface area contributed by atoms with E-state index in [4.69, 9.17) is 0 Å². The molecule has 0 aliphatic rings. The van der Waals surface area contributed by atoms with E-state index < -0.39 is 7.26 Å². The Labute approximate surface area is 360 Å². The van der Waals surface area contributed by atoms with Crippen molar-refractivity contribution in [3.8, 4) is 0 Å². The molecule has 0 nitrogen and oxygen atoms in total. The van der Waals surface area contributed by atoms with E-state index in [0.717, 1.165) is 0 Å². The summed E-state index contributed by atoms with van der Waals surface area (Å²) >= 11 is 0. The number of rotatable bonds is 51. The van der Waals surface area contributed by atoms with E-state index in [9.17, 15) is 0 Å². The van der Waals surface area contributed by atoms with Gasteiger partial charge in [-0.25, -0.2) is 0 Å². The summed E-state index contributed by atoms with van der Waals surface area (Å²) in [6.45, 7) is 9.45. The van der Waals surface area contributed by atoms with Crippen molar-refractivity contribution in [1.29, 1.82) is 0 Å². The molecular weight excluding hydrogens is 692 g/mol. The number of hydrogen-bond acceptors (Lipinski definition) is 0. The van der Waals surface area contributed by atoms with E-state index >= 15 is 0 Å². The fraction of sp³-hybridized carbons (Fsp3) is 1.00. The van der Waals surface area contributed by atoms with Crippen LogP contribution >= 0.6 is 7.26 Å². The van der Waals surface area contributed by atoms with Crippen molar-refractivity contribution >= 4 is 7.26 Å². The molecule has 0 aromatic heterocycles. The number of hydrogen-bond donors (Lipinski definition) is 0. The van der Waals surface area contributed by atoms with Gasteiger partial charge in [0.05, 0.1) is 0 Å². The smallest absolute Gasteiger partial charge is 0.0654 e. The van der Waals surface area contributed by atoms with Crippen LogP contribution < -0.4 is 0 Å². The second-order valence-electron chi connectivity index (χ2n) is 19.7. The van der Waals surface area contributed by atoms with Crippen LogP contribution in [0.5, 0.6) is 0 Å². The van der Waals surface area contributed by atoms with Gasteiger partial charge in [0.2, 0.25) is 0 Å². The molecule has 0 aliphatic carbocycles. The van der Waals surface area contributed by atoms with Crippen LogP contribution in [0, 0.1) is 0 Å². The minimum absolute atomic E-state index is 1.13. The third-order valence-electron chi connectivity index (χ3n) is 14.0. The van der Waals surface area contributed by atoms with Gasteiger partial charge in [-0.1, -0.05) is 97.8 Å². The molecule has 0 aliphatic heterocycles. The molecule has 0 bridgehead atoms. The van der Waals surface area contributed by atoms with Crippen molar-refractivity contribution in [1.82, 2.24) is 0 Å². The van der Waals surface area contributed by atoms with Crippen LogP contribution in [0.15, 0.2) is 0 Å². The summed E-state index contributed by atoms with van der Waals surface area (Å²) < 4.78 is 0. The topological polar surface area (TPSA) is 0 Å². The molecule has 0 spiro atoms. The van der Waals surface area contributed by atoms with Gasteiger partial charge >= 0.3 is 264 Å². The molecule has 0 saturated carbocycles. The van der Waals surface area contributed by atoms with Crippen LogP contribution in [0.2, 0.25) is 0 Å². The Kier molecular flexibility index (Phi) is 50.2. The summed E-state index contributed by atoms with van der Waals surface area (Å²) in [5, 5.41) is 0. The fourth-order valence-electron chi connectivity index (χ4n) is 9.92. The van der Waals surface area contributed by atoms with E-state index in [1.165, 1.54) is 283 Å². The van der Waals surface area contributed by atoms with Crippen molar-refractivity contribution in [2.75, 3.05) is 24.6 Å². The zero-order valence-electron chi connectivity index (χ0n) is 40.6. The molecule has 0 atom stereocenters.